The molecule has 1 aromatic heterocycles. The maximum absolute atomic E-state index is 11.7. The zero-order valence-electron chi connectivity index (χ0n) is 9.51. The van der Waals surface area contributed by atoms with Crippen molar-refractivity contribution in [3.63, 3.8) is 0 Å². The van der Waals surface area contributed by atoms with Crippen molar-refractivity contribution >= 4 is 10.0 Å². The Bertz CT molecular complexity index is 388. The van der Waals surface area contributed by atoms with Crippen molar-refractivity contribution in [1.82, 2.24) is 14.5 Å². The average molecular weight is 247 g/mol. The smallest absolute Gasteiger partial charge is 0.216 e. The molecule has 7 heteroatoms. The van der Waals surface area contributed by atoms with Crippen LogP contribution in [0.4, 0.5) is 0 Å². The molecule has 1 heterocycles. The molecule has 0 aliphatic heterocycles. The van der Waals surface area contributed by atoms with Gasteiger partial charge in [-0.05, 0) is 6.92 Å². The first-order chi connectivity index (χ1) is 7.56. The number of H-pyrrole nitrogens is 1. The molecule has 0 spiro atoms. The van der Waals surface area contributed by atoms with Gasteiger partial charge in [-0.2, -0.15) is 5.10 Å². The zero-order chi connectivity index (χ0) is 12.0. The molecule has 16 heavy (non-hydrogen) atoms. The van der Waals surface area contributed by atoms with Gasteiger partial charge in [-0.3, -0.25) is 5.10 Å². The van der Waals surface area contributed by atoms with Crippen LogP contribution in [0, 0.1) is 0 Å². The van der Waals surface area contributed by atoms with Gasteiger partial charge in [-0.1, -0.05) is 0 Å². The van der Waals surface area contributed by atoms with Crippen LogP contribution in [0.2, 0.25) is 0 Å². The molecule has 0 fully saturated rings. The summed E-state index contributed by atoms with van der Waals surface area (Å²) in [4.78, 5) is 0. The molecular weight excluding hydrogens is 230 g/mol. The van der Waals surface area contributed by atoms with E-state index in [4.69, 9.17) is 4.74 Å². The minimum Gasteiger partial charge on any atom is -0.381 e. The molecule has 1 rings (SSSR count). The van der Waals surface area contributed by atoms with Crippen molar-refractivity contribution < 1.29 is 13.2 Å². The van der Waals surface area contributed by atoms with Crippen LogP contribution in [-0.4, -0.2) is 48.9 Å². The Balaban J connectivity index is 2.48. The highest BCUT2D eigenvalue weighted by Crippen LogP contribution is 2.05. The molecule has 0 saturated heterocycles. The molecular formula is C9H17N3O3S. The maximum Gasteiger partial charge on any atom is 0.216 e. The summed E-state index contributed by atoms with van der Waals surface area (Å²) in [5.41, 5.74) is 0.836. The van der Waals surface area contributed by atoms with Gasteiger partial charge >= 0.3 is 0 Å². The van der Waals surface area contributed by atoms with E-state index in [0.29, 0.717) is 13.2 Å². The lowest BCUT2D eigenvalue weighted by atomic mass is 10.4. The highest BCUT2D eigenvalue weighted by Gasteiger charge is 2.17. The first kappa shape index (κ1) is 13.1. The molecule has 0 amide bonds. The Morgan fingerprint density at radius 2 is 2.31 bits per heavy atom. The molecule has 0 aliphatic rings. The van der Waals surface area contributed by atoms with E-state index in [-0.39, 0.29) is 12.4 Å². The number of sulfonamides is 1. The van der Waals surface area contributed by atoms with E-state index < -0.39 is 10.0 Å². The number of hydrogen-bond donors (Lipinski definition) is 1. The van der Waals surface area contributed by atoms with Gasteiger partial charge in [0.15, 0.2) is 0 Å². The number of nitrogens with zero attached hydrogens (tertiary/aromatic N) is 2. The van der Waals surface area contributed by atoms with E-state index in [1.165, 1.54) is 4.31 Å². The average Bonchev–Trinajstić information content (AvgIpc) is 2.70. The number of ether oxygens (including phenoxy) is 1. The Kier molecular flexibility index (Phi) is 4.91. The molecule has 1 aromatic rings. The summed E-state index contributed by atoms with van der Waals surface area (Å²) in [5, 5.41) is 6.40. The Morgan fingerprint density at radius 3 is 2.88 bits per heavy atom. The third-order valence-electron chi connectivity index (χ3n) is 2.12. The fraction of sp³-hybridized carbons (Fsp3) is 0.667. The summed E-state index contributed by atoms with van der Waals surface area (Å²) in [6.45, 7) is 2.92. The molecule has 0 aliphatic carbocycles. The van der Waals surface area contributed by atoms with Gasteiger partial charge in [0.05, 0.1) is 18.6 Å². The zero-order valence-corrected chi connectivity index (χ0v) is 10.3. The van der Waals surface area contributed by atoms with E-state index in [2.05, 4.69) is 10.2 Å². The van der Waals surface area contributed by atoms with Crippen molar-refractivity contribution in [2.75, 3.05) is 26.0 Å². The summed E-state index contributed by atoms with van der Waals surface area (Å²) in [6, 6.07) is 0. The second kappa shape index (κ2) is 5.97. The molecule has 92 valence electrons. The lowest BCUT2D eigenvalue weighted by molar-refractivity contribution is 0.162. The van der Waals surface area contributed by atoms with E-state index >= 15 is 0 Å². The fourth-order valence-corrected chi connectivity index (χ4v) is 2.17. The highest BCUT2D eigenvalue weighted by molar-refractivity contribution is 7.89. The third-order valence-corrected chi connectivity index (χ3v) is 3.89. The Labute approximate surface area is 95.7 Å². The van der Waals surface area contributed by atoms with Crippen molar-refractivity contribution in [2.24, 2.45) is 0 Å². The Morgan fingerprint density at radius 1 is 1.56 bits per heavy atom. The fourth-order valence-electron chi connectivity index (χ4n) is 1.18. The molecule has 6 nitrogen and oxygen atoms in total. The summed E-state index contributed by atoms with van der Waals surface area (Å²) in [7, 11) is -1.69. The lowest BCUT2D eigenvalue weighted by Crippen LogP contribution is -2.30. The number of aromatic amines is 1. The summed E-state index contributed by atoms with van der Waals surface area (Å²) >= 11 is 0. The molecule has 0 aromatic carbocycles. The maximum atomic E-state index is 11.7. The van der Waals surface area contributed by atoms with Gasteiger partial charge in [-0.15, -0.1) is 0 Å². The lowest BCUT2D eigenvalue weighted by Gasteiger charge is -2.15. The van der Waals surface area contributed by atoms with Crippen LogP contribution in [0.3, 0.4) is 0 Å². The molecule has 0 unspecified atom stereocenters. The van der Waals surface area contributed by atoms with Crippen LogP contribution in [-0.2, 0) is 21.3 Å². The predicted molar refractivity (Wildman–Crippen MR) is 60.3 cm³/mol. The molecule has 1 N–H and O–H groups in total. The van der Waals surface area contributed by atoms with Gasteiger partial charge in [0.1, 0.15) is 0 Å². The largest absolute Gasteiger partial charge is 0.381 e. The van der Waals surface area contributed by atoms with Gasteiger partial charge in [0.2, 0.25) is 10.0 Å². The highest BCUT2D eigenvalue weighted by atomic mass is 32.2. The number of rotatable bonds is 7. The van der Waals surface area contributed by atoms with Crippen molar-refractivity contribution in [3.8, 4) is 0 Å². The second-order valence-electron chi connectivity index (χ2n) is 3.38. The van der Waals surface area contributed by atoms with Gasteiger partial charge in [0, 0.05) is 32.0 Å². The quantitative estimate of drug-likeness (QED) is 0.699. The van der Waals surface area contributed by atoms with Crippen LogP contribution >= 0.6 is 0 Å². The topological polar surface area (TPSA) is 75.3 Å². The standard InChI is InChI=1S/C9H17N3O3S/c1-3-15-4-5-16(13,14)12(2)8-9-6-10-11-7-9/h6-7H,3-5,8H2,1-2H3,(H,10,11). The third kappa shape index (κ3) is 3.92. The monoisotopic (exact) mass is 247 g/mol. The summed E-state index contributed by atoms with van der Waals surface area (Å²) < 4.78 is 29.8. The molecule has 0 radical (unpaired) electrons. The molecule has 0 atom stereocenters. The Hall–Kier alpha value is -0.920. The number of aromatic nitrogens is 2. The summed E-state index contributed by atoms with van der Waals surface area (Å²) in [5.74, 6) is 0.00912. The predicted octanol–water partition coefficient (Wildman–Crippen LogP) is 0.208. The van der Waals surface area contributed by atoms with Gasteiger partial charge in [-0.25, -0.2) is 12.7 Å². The SMILES string of the molecule is CCOCCS(=O)(=O)N(C)Cc1cn[nH]c1. The second-order valence-corrected chi connectivity index (χ2v) is 5.57. The van der Waals surface area contributed by atoms with Crippen LogP contribution < -0.4 is 0 Å². The van der Waals surface area contributed by atoms with E-state index in [1.54, 1.807) is 19.4 Å². The first-order valence-corrected chi connectivity index (χ1v) is 6.66. The van der Waals surface area contributed by atoms with Gasteiger partial charge in [0.25, 0.3) is 0 Å². The van der Waals surface area contributed by atoms with Crippen LogP contribution in [0.1, 0.15) is 12.5 Å². The van der Waals surface area contributed by atoms with Crippen molar-refractivity contribution in [1.29, 1.82) is 0 Å². The van der Waals surface area contributed by atoms with Crippen LogP contribution in [0.25, 0.3) is 0 Å². The first-order valence-electron chi connectivity index (χ1n) is 5.05. The van der Waals surface area contributed by atoms with Crippen LogP contribution in [0.5, 0.6) is 0 Å². The number of hydrogen-bond acceptors (Lipinski definition) is 4. The summed E-state index contributed by atoms with van der Waals surface area (Å²) in [6.07, 6.45) is 3.28. The normalized spacial score (nSPS) is 12.2. The van der Waals surface area contributed by atoms with Gasteiger partial charge < -0.3 is 4.74 Å². The molecule has 0 saturated carbocycles. The van der Waals surface area contributed by atoms with E-state index in [0.717, 1.165) is 5.56 Å². The number of nitrogens with one attached hydrogen (secondary N) is 1. The molecule has 0 bridgehead atoms. The minimum atomic E-state index is -3.24. The van der Waals surface area contributed by atoms with Crippen LogP contribution in [0.15, 0.2) is 12.4 Å². The minimum absolute atomic E-state index is 0.00912. The van der Waals surface area contributed by atoms with E-state index in [9.17, 15) is 8.42 Å². The van der Waals surface area contributed by atoms with Crippen molar-refractivity contribution in [2.45, 2.75) is 13.5 Å². The van der Waals surface area contributed by atoms with E-state index in [1.807, 2.05) is 6.92 Å². The van der Waals surface area contributed by atoms with Crippen molar-refractivity contribution in [3.05, 3.63) is 18.0 Å².